The lowest BCUT2D eigenvalue weighted by Crippen LogP contribution is -2.21. The van der Waals surface area contributed by atoms with Gasteiger partial charge in [0.2, 0.25) is 0 Å². The van der Waals surface area contributed by atoms with Crippen LogP contribution in [0.5, 0.6) is 0 Å². The van der Waals surface area contributed by atoms with Crippen molar-refractivity contribution in [2.45, 2.75) is 51.7 Å². The van der Waals surface area contributed by atoms with Crippen molar-refractivity contribution in [3.63, 3.8) is 0 Å². The van der Waals surface area contributed by atoms with Gasteiger partial charge in [0.25, 0.3) is 0 Å². The van der Waals surface area contributed by atoms with E-state index in [0.29, 0.717) is 0 Å². The number of aliphatic hydroxyl groups is 2. The monoisotopic (exact) mass is 354 g/mol. The molecule has 0 aromatic heterocycles. The summed E-state index contributed by atoms with van der Waals surface area (Å²) in [5.41, 5.74) is 0. The molecule has 0 fully saturated rings. The molecule has 0 heterocycles. The van der Waals surface area contributed by atoms with E-state index in [2.05, 4.69) is 45.7 Å². The van der Waals surface area contributed by atoms with Gasteiger partial charge in [0.15, 0.2) is 0 Å². The lowest BCUT2D eigenvalue weighted by molar-refractivity contribution is 0.0803. The average Bonchev–Trinajstić information content (AvgIpc) is 2.17. The summed E-state index contributed by atoms with van der Waals surface area (Å²) in [5, 5.41) is 19.4. The normalized spacial score (nSPS) is 17.4. The van der Waals surface area contributed by atoms with Crippen LogP contribution in [0.25, 0.3) is 0 Å². The Morgan fingerprint density at radius 2 is 1.25 bits per heavy atom. The van der Waals surface area contributed by atoms with Crippen LogP contribution < -0.4 is 0 Å². The first kappa shape index (κ1) is 16.4. The molecule has 0 aliphatic heterocycles. The number of hydrogen-bond donors (Lipinski definition) is 2. The number of aliphatic hydroxyl groups excluding tert-OH is 2. The number of hydrogen-bond acceptors (Lipinski definition) is 2. The van der Waals surface area contributed by atoms with Gasteiger partial charge in [-0.25, -0.2) is 0 Å². The zero-order valence-electron chi connectivity index (χ0n) is 9.79. The maximum atomic E-state index is 9.71. The van der Waals surface area contributed by atoms with E-state index in [4.69, 9.17) is 0 Å². The first-order valence-corrected chi connectivity index (χ1v) is 7.18. The van der Waals surface area contributed by atoms with Crippen LogP contribution in [0.1, 0.15) is 39.5 Å². The van der Waals surface area contributed by atoms with Crippen LogP contribution in [-0.4, -0.2) is 22.4 Å². The molecule has 0 saturated heterocycles. The van der Waals surface area contributed by atoms with E-state index in [0.717, 1.165) is 34.6 Å². The molecular weight excluding hydrogens is 336 g/mol. The van der Waals surface area contributed by atoms with E-state index in [-0.39, 0.29) is 0 Å². The summed E-state index contributed by atoms with van der Waals surface area (Å²) in [5.74, 6) is 0. The van der Waals surface area contributed by atoms with Crippen LogP contribution in [0.3, 0.4) is 0 Å². The Kier molecular flexibility index (Phi) is 9.61. The quantitative estimate of drug-likeness (QED) is 0.727. The van der Waals surface area contributed by atoms with Crippen molar-refractivity contribution in [2.75, 3.05) is 0 Å². The van der Waals surface area contributed by atoms with Crippen molar-refractivity contribution in [1.29, 1.82) is 0 Å². The number of halogens is 2. The predicted octanol–water partition coefficient (Wildman–Crippen LogP) is 3.87. The van der Waals surface area contributed by atoms with Crippen LogP contribution >= 0.6 is 31.9 Å². The van der Waals surface area contributed by atoms with Crippen molar-refractivity contribution in [1.82, 2.24) is 0 Å². The molecule has 4 heteroatoms. The molecule has 16 heavy (non-hydrogen) atoms. The topological polar surface area (TPSA) is 40.5 Å². The molecule has 94 valence electrons. The van der Waals surface area contributed by atoms with Crippen LogP contribution in [0, 0.1) is 0 Å². The van der Waals surface area contributed by atoms with Crippen LogP contribution in [-0.2, 0) is 0 Å². The molecule has 0 aliphatic rings. The summed E-state index contributed by atoms with van der Waals surface area (Å²) in [6.45, 7) is 4.13. The third-order valence-electron chi connectivity index (χ3n) is 2.03. The average molecular weight is 356 g/mol. The van der Waals surface area contributed by atoms with Crippen LogP contribution in [0.15, 0.2) is 21.1 Å². The fourth-order valence-electron chi connectivity index (χ4n) is 1.21. The Balaban J connectivity index is 4.32. The molecule has 0 aromatic carbocycles. The molecular formula is C12H20Br2O2. The van der Waals surface area contributed by atoms with E-state index in [9.17, 15) is 10.2 Å². The zero-order chi connectivity index (χ0) is 12.6. The van der Waals surface area contributed by atoms with Gasteiger partial charge >= 0.3 is 0 Å². The Hall–Kier alpha value is 0.360. The molecule has 0 aliphatic carbocycles. The summed E-state index contributed by atoms with van der Waals surface area (Å²) in [6, 6.07) is 0. The molecule has 0 spiro atoms. The largest absolute Gasteiger partial charge is 0.386 e. The third-order valence-corrected chi connectivity index (χ3v) is 3.35. The number of allylic oxidation sites excluding steroid dienone is 2. The molecule has 0 rings (SSSR count). The maximum absolute atomic E-state index is 9.71. The first-order valence-electron chi connectivity index (χ1n) is 5.59. The second-order valence-electron chi connectivity index (χ2n) is 3.71. The van der Waals surface area contributed by atoms with Gasteiger partial charge in [0, 0.05) is 0 Å². The van der Waals surface area contributed by atoms with Gasteiger partial charge in [-0.1, -0.05) is 58.5 Å². The standard InChI is InChI=1S/C12H20Br2O2/c1-3-5-9(13)7-11(15)12(16)8-10(14)6-4-2/h7-8,11-12,15-16H,3-6H2,1-2H3/b9-7-,10-8-/t11-,12-/m1/s1. The second kappa shape index (κ2) is 9.40. The molecule has 0 unspecified atom stereocenters. The molecule has 0 aromatic rings. The molecule has 0 saturated carbocycles. The van der Waals surface area contributed by atoms with Gasteiger partial charge in [0.05, 0.1) is 0 Å². The van der Waals surface area contributed by atoms with Gasteiger partial charge in [-0.15, -0.1) is 0 Å². The SMILES string of the molecule is CCC/C(Br)=C/[C@@H](O)[C@H](O)/C=C(\Br)CCC. The van der Waals surface area contributed by atoms with Crippen molar-refractivity contribution >= 4 is 31.9 Å². The van der Waals surface area contributed by atoms with Gasteiger partial charge in [0.1, 0.15) is 12.2 Å². The van der Waals surface area contributed by atoms with E-state index < -0.39 is 12.2 Å². The van der Waals surface area contributed by atoms with Gasteiger partial charge in [-0.3, -0.25) is 0 Å². The lowest BCUT2D eigenvalue weighted by atomic mass is 10.1. The minimum atomic E-state index is -0.856. The van der Waals surface area contributed by atoms with Crippen LogP contribution in [0.4, 0.5) is 0 Å². The molecule has 2 nitrogen and oxygen atoms in total. The molecule has 2 atom stereocenters. The van der Waals surface area contributed by atoms with Crippen molar-refractivity contribution in [3.05, 3.63) is 21.1 Å². The Morgan fingerprint density at radius 1 is 0.938 bits per heavy atom. The Bertz CT molecular complexity index is 223. The first-order chi connectivity index (χ1) is 7.51. The Labute approximate surface area is 115 Å². The van der Waals surface area contributed by atoms with Gasteiger partial charge in [-0.2, -0.15) is 0 Å². The summed E-state index contributed by atoms with van der Waals surface area (Å²) in [6.07, 6.45) is 5.36. The lowest BCUT2D eigenvalue weighted by Gasteiger charge is -2.12. The van der Waals surface area contributed by atoms with Crippen molar-refractivity contribution in [2.24, 2.45) is 0 Å². The highest BCUT2D eigenvalue weighted by Crippen LogP contribution is 2.17. The molecule has 2 N–H and O–H groups in total. The highest BCUT2D eigenvalue weighted by molar-refractivity contribution is 9.12. The van der Waals surface area contributed by atoms with E-state index in [1.165, 1.54) is 0 Å². The molecule has 0 radical (unpaired) electrons. The van der Waals surface area contributed by atoms with Crippen LogP contribution in [0.2, 0.25) is 0 Å². The maximum Gasteiger partial charge on any atom is 0.103 e. The summed E-state index contributed by atoms with van der Waals surface area (Å²) < 4.78 is 1.86. The van der Waals surface area contributed by atoms with Crippen molar-refractivity contribution < 1.29 is 10.2 Å². The molecule has 0 amide bonds. The molecule has 0 bridgehead atoms. The highest BCUT2D eigenvalue weighted by Gasteiger charge is 2.12. The second-order valence-corrected chi connectivity index (χ2v) is 5.75. The minimum absolute atomic E-state index is 0.856. The zero-order valence-corrected chi connectivity index (χ0v) is 13.0. The van der Waals surface area contributed by atoms with Gasteiger partial charge < -0.3 is 10.2 Å². The van der Waals surface area contributed by atoms with E-state index in [1.54, 1.807) is 12.2 Å². The number of rotatable bonds is 7. The summed E-state index contributed by atoms with van der Waals surface area (Å²) >= 11 is 6.72. The fourth-order valence-corrected chi connectivity index (χ4v) is 2.55. The van der Waals surface area contributed by atoms with Gasteiger partial charge in [-0.05, 0) is 34.0 Å². The summed E-state index contributed by atoms with van der Waals surface area (Å²) in [4.78, 5) is 0. The third kappa shape index (κ3) is 7.60. The predicted molar refractivity (Wildman–Crippen MR) is 75.8 cm³/mol. The Morgan fingerprint density at radius 3 is 1.50 bits per heavy atom. The van der Waals surface area contributed by atoms with E-state index in [1.807, 2.05) is 0 Å². The highest BCUT2D eigenvalue weighted by atomic mass is 79.9. The van der Waals surface area contributed by atoms with E-state index >= 15 is 0 Å². The fraction of sp³-hybridized carbons (Fsp3) is 0.667. The van der Waals surface area contributed by atoms with Crippen molar-refractivity contribution in [3.8, 4) is 0 Å². The smallest absolute Gasteiger partial charge is 0.103 e. The minimum Gasteiger partial charge on any atom is -0.386 e. The summed E-state index contributed by atoms with van der Waals surface area (Å²) in [7, 11) is 0.